The molecule has 1 aromatic rings. The topological polar surface area (TPSA) is 59.3 Å². The minimum atomic E-state index is -1.06. The third-order valence-electron chi connectivity index (χ3n) is 3.35. The highest BCUT2D eigenvalue weighted by atomic mass is 16.4. The zero-order valence-corrected chi connectivity index (χ0v) is 12.8. The van der Waals surface area contributed by atoms with Crippen LogP contribution >= 0.6 is 0 Å². The van der Waals surface area contributed by atoms with Gasteiger partial charge in [-0.1, -0.05) is 27.7 Å². The van der Waals surface area contributed by atoms with Crippen molar-refractivity contribution >= 4 is 12.0 Å². The second-order valence-electron chi connectivity index (χ2n) is 6.03. The molecule has 0 aliphatic heterocycles. The van der Waals surface area contributed by atoms with Gasteiger partial charge >= 0.3 is 5.97 Å². The van der Waals surface area contributed by atoms with Gasteiger partial charge in [0.2, 0.25) is 0 Å². The molecule has 0 bridgehead atoms. The van der Waals surface area contributed by atoms with Crippen LogP contribution in [0.1, 0.15) is 58.3 Å². The molecule has 0 radical (unpaired) electrons. The lowest BCUT2D eigenvalue weighted by Gasteiger charge is -2.27. The molecule has 0 fully saturated rings. The molecule has 1 heterocycles. The quantitative estimate of drug-likeness (QED) is 0.860. The second-order valence-corrected chi connectivity index (χ2v) is 6.03. The van der Waals surface area contributed by atoms with E-state index in [0.717, 1.165) is 18.2 Å². The van der Waals surface area contributed by atoms with Crippen LogP contribution in [0, 0.1) is 0 Å². The molecule has 4 heteroatoms. The van der Waals surface area contributed by atoms with Crippen LogP contribution in [0.4, 0.5) is 0 Å². The Labute approximate surface area is 119 Å². The Morgan fingerprint density at radius 1 is 1.40 bits per heavy atom. The van der Waals surface area contributed by atoms with Crippen LogP contribution in [0.3, 0.4) is 0 Å². The number of rotatable bonds is 4. The zero-order valence-electron chi connectivity index (χ0n) is 12.8. The molecule has 20 heavy (non-hydrogen) atoms. The number of carboxylic acid groups (broad SMARTS) is 1. The van der Waals surface area contributed by atoms with Crippen LogP contribution in [-0.4, -0.2) is 15.6 Å². The van der Waals surface area contributed by atoms with Gasteiger partial charge in [0.15, 0.2) is 0 Å². The van der Waals surface area contributed by atoms with Crippen molar-refractivity contribution in [1.29, 1.82) is 0 Å². The number of aliphatic carboxylic acids is 1. The van der Waals surface area contributed by atoms with E-state index in [1.54, 1.807) is 10.6 Å². The lowest BCUT2D eigenvalue weighted by atomic mass is 9.90. The summed E-state index contributed by atoms with van der Waals surface area (Å²) in [7, 11) is 0. The SMILES string of the molecule is CCC(C)n1c(C(C)(C)C)ccc(/C=C/C(=O)O)c1=O. The average Bonchev–Trinajstić information content (AvgIpc) is 2.34. The van der Waals surface area contributed by atoms with Gasteiger partial charge in [-0.05, 0) is 31.6 Å². The van der Waals surface area contributed by atoms with E-state index in [4.69, 9.17) is 5.11 Å². The second kappa shape index (κ2) is 6.07. The number of pyridine rings is 1. The van der Waals surface area contributed by atoms with Crippen molar-refractivity contribution in [1.82, 2.24) is 4.57 Å². The average molecular weight is 277 g/mol. The summed E-state index contributed by atoms with van der Waals surface area (Å²) in [5.41, 5.74) is 1.09. The van der Waals surface area contributed by atoms with Crippen molar-refractivity contribution in [2.45, 2.75) is 52.5 Å². The Morgan fingerprint density at radius 3 is 2.45 bits per heavy atom. The summed E-state index contributed by atoms with van der Waals surface area (Å²) in [6.45, 7) is 10.2. The number of aromatic nitrogens is 1. The van der Waals surface area contributed by atoms with E-state index in [1.807, 2.05) is 19.9 Å². The standard InChI is InChI=1S/C16H23NO3/c1-6-11(2)17-13(16(3,4)5)9-7-12(15(17)20)8-10-14(18)19/h7-11H,6H2,1-5H3,(H,18,19)/b10-8+. The first-order valence-corrected chi connectivity index (χ1v) is 6.85. The molecule has 110 valence electrons. The highest BCUT2D eigenvalue weighted by Gasteiger charge is 2.21. The summed E-state index contributed by atoms with van der Waals surface area (Å²) in [6, 6.07) is 3.69. The maximum Gasteiger partial charge on any atom is 0.328 e. The van der Waals surface area contributed by atoms with Crippen molar-refractivity contribution in [3.8, 4) is 0 Å². The summed E-state index contributed by atoms with van der Waals surface area (Å²) in [4.78, 5) is 23.2. The summed E-state index contributed by atoms with van der Waals surface area (Å²) in [5, 5.41) is 8.68. The molecular weight excluding hydrogens is 254 g/mol. The minimum Gasteiger partial charge on any atom is -0.478 e. The lowest BCUT2D eigenvalue weighted by Crippen LogP contribution is -2.32. The van der Waals surface area contributed by atoms with Gasteiger partial charge in [-0.3, -0.25) is 4.79 Å². The third kappa shape index (κ3) is 3.59. The molecule has 0 aliphatic rings. The zero-order chi connectivity index (χ0) is 15.5. The van der Waals surface area contributed by atoms with E-state index in [-0.39, 0.29) is 17.0 Å². The first-order valence-electron chi connectivity index (χ1n) is 6.85. The highest BCUT2D eigenvalue weighted by Crippen LogP contribution is 2.24. The molecule has 0 spiro atoms. The molecule has 1 unspecified atom stereocenters. The Kier molecular flexibility index (Phi) is 4.93. The maximum atomic E-state index is 12.6. The summed E-state index contributed by atoms with van der Waals surface area (Å²) in [5.74, 6) is -1.06. The lowest BCUT2D eigenvalue weighted by molar-refractivity contribution is -0.131. The largest absolute Gasteiger partial charge is 0.478 e. The molecule has 4 nitrogen and oxygen atoms in total. The molecule has 1 N–H and O–H groups in total. The number of hydrogen-bond donors (Lipinski definition) is 1. The fourth-order valence-electron chi connectivity index (χ4n) is 2.09. The molecule has 0 amide bonds. The van der Waals surface area contributed by atoms with Crippen molar-refractivity contribution < 1.29 is 9.90 Å². The monoisotopic (exact) mass is 277 g/mol. The van der Waals surface area contributed by atoms with Gasteiger partial charge < -0.3 is 9.67 Å². The van der Waals surface area contributed by atoms with Gasteiger partial charge in [-0.15, -0.1) is 0 Å². The molecule has 0 saturated heterocycles. The fraction of sp³-hybridized carbons (Fsp3) is 0.500. The van der Waals surface area contributed by atoms with E-state index in [9.17, 15) is 9.59 Å². The predicted octanol–water partition coefficient (Wildman–Crippen LogP) is 3.21. The minimum absolute atomic E-state index is 0.0786. The van der Waals surface area contributed by atoms with E-state index in [2.05, 4.69) is 20.8 Å². The molecule has 0 aliphatic carbocycles. The third-order valence-corrected chi connectivity index (χ3v) is 3.35. The van der Waals surface area contributed by atoms with Crippen molar-refractivity contribution in [2.24, 2.45) is 0 Å². The van der Waals surface area contributed by atoms with Crippen LogP contribution in [-0.2, 0) is 10.2 Å². The predicted molar refractivity (Wildman–Crippen MR) is 81.1 cm³/mol. The summed E-state index contributed by atoms with van der Waals surface area (Å²) in [6.07, 6.45) is 3.19. The Hall–Kier alpha value is -1.84. The van der Waals surface area contributed by atoms with Crippen LogP contribution < -0.4 is 5.56 Å². The summed E-state index contributed by atoms with van der Waals surface area (Å²) >= 11 is 0. The number of carbonyl (C=O) groups is 1. The van der Waals surface area contributed by atoms with Crippen LogP contribution in [0.25, 0.3) is 6.08 Å². The smallest absolute Gasteiger partial charge is 0.328 e. The Bertz CT molecular complexity index is 576. The Balaban J connectivity index is 3.51. The first kappa shape index (κ1) is 16.2. The van der Waals surface area contributed by atoms with Gasteiger partial charge in [-0.25, -0.2) is 4.79 Å². The normalized spacial score (nSPS) is 13.7. The molecule has 1 atom stereocenters. The molecule has 1 aromatic heterocycles. The van der Waals surface area contributed by atoms with Gasteiger partial charge in [0.05, 0.1) is 0 Å². The van der Waals surface area contributed by atoms with Crippen LogP contribution in [0.5, 0.6) is 0 Å². The van der Waals surface area contributed by atoms with Crippen molar-refractivity contribution in [3.05, 3.63) is 39.8 Å². The van der Waals surface area contributed by atoms with E-state index in [0.29, 0.717) is 5.56 Å². The van der Waals surface area contributed by atoms with E-state index in [1.165, 1.54) is 6.08 Å². The van der Waals surface area contributed by atoms with Crippen LogP contribution in [0.2, 0.25) is 0 Å². The maximum absolute atomic E-state index is 12.6. The van der Waals surface area contributed by atoms with Gasteiger partial charge in [0, 0.05) is 28.8 Å². The molecule has 0 saturated carbocycles. The number of hydrogen-bond acceptors (Lipinski definition) is 2. The van der Waals surface area contributed by atoms with Crippen LogP contribution in [0.15, 0.2) is 23.0 Å². The Morgan fingerprint density at radius 2 is 2.00 bits per heavy atom. The van der Waals surface area contributed by atoms with E-state index < -0.39 is 5.97 Å². The van der Waals surface area contributed by atoms with Crippen molar-refractivity contribution in [2.75, 3.05) is 0 Å². The van der Waals surface area contributed by atoms with Crippen molar-refractivity contribution in [3.63, 3.8) is 0 Å². The first-order chi connectivity index (χ1) is 9.18. The molecule has 1 rings (SSSR count). The highest BCUT2D eigenvalue weighted by molar-refractivity contribution is 5.85. The number of carboxylic acids is 1. The fourth-order valence-corrected chi connectivity index (χ4v) is 2.09. The van der Waals surface area contributed by atoms with Gasteiger partial charge in [0.1, 0.15) is 0 Å². The van der Waals surface area contributed by atoms with E-state index >= 15 is 0 Å². The number of nitrogens with zero attached hydrogens (tertiary/aromatic N) is 1. The molecule has 0 aromatic carbocycles. The van der Waals surface area contributed by atoms with Gasteiger partial charge in [0.25, 0.3) is 5.56 Å². The van der Waals surface area contributed by atoms with Gasteiger partial charge in [-0.2, -0.15) is 0 Å². The molecular formula is C16H23NO3. The summed E-state index contributed by atoms with van der Waals surface area (Å²) < 4.78 is 1.78.